The van der Waals surface area contributed by atoms with Crippen LogP contribution in [0.2, 0.25) is 5.15 Å². The molecule has 0 saturated carbocycles. The molecule has 3 nitrogen and oxygen atoms in total. The molecule has 4 heteroatoms. The van der Waals surface area contributed by atoms with E-state index in [1.54, 1.807) is 0 Å². The van der Waals surface area contributed by atoms with Gasteiger partial charge in [-0.15, -0.1) is 0 Å². The van der Waals surface area contributed by atoms with Crippen molar-refractivity contribution in [3.63, 3.8) is 0 Å². The molecule has 0 fully saturated rings. The highest BCUT2D eigenvalue weighted by Gasteiger charge is 2.13. The van der Waals surface area contributed by atoms with E-state index in [2.05, 4.69) is 29.9 Å². The van der Waals surface area contributed by atoms with Gasteiger partial charge >= 0.3 is 0 Å². The highest BCUT2D eigenvalue weighted by atomic mass is 35.5. The zero-order valence-corrected chi connectivity index (χ0v) is 12.1. The summed E-state index contributed by atoms with van der Waals surface area (Å²) >= 11 is 5.98. The molecule has 2 rings (SSSR count). The van der Waals surface area contributed by atoms with Crippen molar-refractivity contribution >= 4 is 11.6 Å². The van der Waals surface area contributed by atoms with E-state index in [-0.39, 0.29) is 0 Å². The van der Waals surface area contributed by atoms with Crippen LogP contribution in [0.4, 0.5) is 0 Å². The van der Waals surface area contributed by atoms with E-state index in [1.807, 2.05) is 25.1 Å². The fourth-order valence-electron chi connectivity index (χ4n) is 1.82. The number of aromatic nitrogens is 2. The number of hydrogen-bond acceptors (Lipinski definition) is 3. The summed E-state index contributed by atoms with van der Waals surface area (Å²) in [6.07, 6.45) is 2.47. The zero-order chi connectivity index (χ0) is 13.8. The largest absolute Gasteiger partial charge is 0.438 e. The number of para-hydroxylation sites is 1. The average Bonchev–Trinajstić information content (AvgIpc) is 2.43. The third kappa shape index (κ3) is 3.04. The van der Waals surface area contributed by atoms with E-state index in [0.29, 0.717) is 17.0 Å². The second kappa shape index (κ2) is 6.02. The molecule has 0 aliphatic heterocycles. The average molecular weight is 277 g/mol. The molecular formula is C15H17ClN2O. The highest BCUT2D eigenvalue weighted by Crippen LogP contribution is 2.33. The molecule has 100 valence electrons. The lowest BCUT2D eigenvalue weighted by atomic mass is 9.98. The van der Waals surface area contributed by atoms with Crippen LogP contribution in [0.25, 0.3) is 0 Å². The van der Waals surface area contributed by atoms with Crippen LogP contribution in [-0.2, 0) is 0 Å². The van der Waals surface area contributed by atoms with E-state index in [1.165, 1.54) is 11.9 Å². The first-order chi connectivity index (χ1) is 9.13. The van der Waals surface area contributed by atoms with Gasteiger partial charge in [0, 0.05) is 5.56 Å². The van der Waals surface area contributed by atoms with Crippen molar-refractivity contribution in [2.45, 2.75) is 33.1 Å². The van der Waals surface area contributed by atoms with Gasteiger partial charge in [0.1, 0.15) is 17.2 Å². The zero-order valence-electron chi connectivity index (χ0n) is 11.4. The van der Waals surface area contributed by atoms with Crippen LogP contribution in [0, 0.1) is 6.92 Å². The number of benzene rings is 1. The van der Waals surface area contributed by atoms with Crippen molar-refractivity contribution < 1.29 is 4.74 Å². The standard InChI is InChI=1S/C15H17ClN2O/c1-4-10(2)12-7-5-6-8-13(12)19-15-11(3)14(16)17-9-18-15/h5-10H,4H2,1-3H3. The molecule has 19 heavy (non-hydrogen) atoms. The SMILES string of the molecule is CCC(C)c1ccccc1Oc1ncnc(Cl)c1C. The van der Waals surface area contributed by atoms with Crippen molar-refractivity contribution in [1.29, 1.82) is 0 Å². The van der Waals surface area contributed by atoms with Crippen molar-refractivity contribution in [1.82, 2.24) is 9.97 Å². The summed E-state index contributed by atoms with van der Waals surface area (Å²) in [7, 11) is 0. The fraction of sp³-hybridized carbons (Fsp3) is 0.333. The summed E-state index contributed by atoms with van der Waals surface area (Å²) in [5.74, 6) is 1.78. The van der Waals surface area contributed by atoms with Gasteiger partial charge < -0.3 is 4.74 Å². The van der Waals surface area contributed by atoms with E-state index in [9.17, 15) is 0 Å². The third-order valence-electron chi connectivity index (χ3n) is 3.25. The number of rotatable bonds is 4. The minimum absolute atomic E-state index is 0.422. The molecular weight excluding hydrogens is 260 g/mol. The van der Waals surface area contributed by atoms with Gasteiger partial charge in [0.15, 0.2) is 0 Å². The minimum Gasteiger partial charge on any atom is -0.438 e. The van der Waals surface area contributed by atoms with Crippen LogP contribution < -0.4 is 4.74 Å². The lowest BCUT2D eigenvalue weighted by molar-refractivity contribution is 0.447. The topological polar surface area (TPSA) is 35.0 Å². The number of ether oxygens (including phenoxy) is 1. The van der Waals surface area contributed by atoms with E-state index >= 15 is 0 Å². The number of nitrogens with zero attached hydrogens (tertiary/aromatic N) is 2. The Hall–Kier alpha value is -1.61. The van der Waals surface area contributed by atoms with Crippen LogP contribution in [0.3, 0.4) is 0 Å². The van der Waals surface area contributed by atoms with E-state index in [4.69, 9.17) is 16.3 Å². The summed E-state index contributed by atoms with van der Waals surface area (Å²) < 4.78 is 5.91. The summed E-state index contributed by atoms with van der Waals surface area (Å²) in [5, 5.41) is 0.422. The smallest absolute Gasteiger partial charge is 0.226 e. The van der Waals surface area contributed by atoms with Gasteiger partial charge in [-0.1, -0.05) is 43.6 Å². The number of hydrogen-bond donors (Lipinski definition) is 0. The molecule has 1 atom stereocenters. The summed E-state index contributed by atoms with van der Waals surface area (Å²) in [6.45, 7) is 6.19. The lowest BCUT2D eigenvalue weighted by Gasteiger charge is -2.15. The molecule has 0 radical (unpaired) electrons. The molecule has 0 spiro atoms. The maximum absolute atomic E-state index is 5.98. The Kier molecular flexibility index (Phi) is 4.38. The molecule has 2 aromatic rings. The number of halogens is 1. The summed E-state index contributed by atoms with van der Waals surface area (Å²) in [6, 6.07) is 8.02. The van der Waals surface area contributed by atoms with Gasteiger partial charge in [-0.3, -0.25) is 0 Å². The van der Waals surface area contributed by atoms with E-state index in [0.717, 1.165) is 17.7 Å². The van der Waals surface area contributed by atoms with Crippen molar-refractivity contribution in [3.05, 3.63) is 46.9 Å². The predicted molar refractivity (Wildman–Crippen MR) is 77.0 cm³/mol. The van der Waals surface area contributed by atoms with Crippen LogP contribution in [0.15, 0.2) is 30.6 Å². The van der Waals surface area contributed by atoms with Crippen LogP contribution >= 0.6 is 11.6 Å². The Morgan fingerprint density at radius 2 is 2.00 bits per heavy atom. The Labute approximate surface area is 118 Å². The van der Waals surface area contributed by atoms with Crippen LogP contribution in [0.5, 0.6) is 11.6 Å². The predicted octanol–water partition coefficient (Wildman–Crippen LogP) is 4.74. The molecule has 0 N–H and O–H groups in total. The molecule has 1 unspecified atom stereocenters. The summed E-state index contributed by atoms with van der Waals surface area (Å²) in [5.41, 5.74) is 1.93. The van der Waals surface area contributed by atoms with Gasteiger partial charge in [0.25, 0.3) is 0 Å². The van der Waals surface area contributed by atoms with Gasteiger partial charge in [-0.25, -0.2) is 9.97 Å². The lowest BCUT2D eigenvalue weighted by Crippen LogP contribution is -1.99. The van der Waals surface area contributed by atoms with Gasteiger partial charge in [-0.2, -0.15) is 0 Å². The second-order valence-electron chi connectivity index (χ2n) is 4.54. The van der Waals surface area contributed by atoms with Crippen LogP contribution in [-0.4, -0.2) is 9.97 Å². The monoisotopic (exact) mass is 276 g/mol. The molecule has 0 aliphatic carbocycles. The Bertz CT molecular complexity index is 572. The first-order valence-electron chi connectivity index (χ1n) is 6.37. The maximum Gasteiger partial charge on any atom is 0.226 e. The molecule has 1 aromatic heterocycles. The van der Waals surface area contributed by atoms with Gasteiger partial charge in [0.05, 0.1) is 0 Å². The van der Waals surface area contributed by atoms with Crippen molar-refractivity contribution in [2.75, 3.05) is 0 Å². The molecule has 0 saturated heterocycles. The van der Waals surface area contributed by atoms with Crippen LogP contribution in [0.1, 0.15) is 37.3 Å². The van der Waals surface area contributed by atoms with Gasteiger partial charge in [0.2, 0.25) is 5.88 Å². The second-order valence-corrected chi connectivity index (χ2v) is 4.90. The van der Waals surface area contributed by atoms with Gasteiger partial charge in [-0.05, 0) is 30.9 Å². The minimum atomic E-state index is 0.422. The molecule has 0 bridgehead atoms. The van der Waals surface area contributed by atoms with Crippen molar-refractivity contribution in [2.24, 2.45) is 0 Å². The Morgan fingerprint density at radius 1 is 1.26 bits per heavy atom. The third-order valence-corrected chi connectivity index (χ3v) is 3.63. The Balaban J connectivity index is 2.36. The van der Waals surface area contributed by atoms with Crippen molar-refractivity contribution in [3.8, 4) is 11.6 Å². The maximum atomic E-state index is 5.98. The fourth-order valence-corrected chi connectivity index (χ4v) is 1.95. The molecule has 1 aromatic carbocycles. The molecule has 0 aliphatic rings. The molecule has 0 amide bonds. The van der Waals surface area contributed by atoms with E-state index < -0.39 is 0 Å². The first-order valence-corrected chi connectivity index (χ1v) is 6.75. The quantitative estimate of drug-likeness (QED) is 0.756. The normalized spacial score (nSPS) is 12.2. The Morgan fingerprint density at radius 3 is 2.74 bits per heavy atom. The summed E-state index contributed by atoms with van der Waals surface area (Å²) in [4.78, 5) is 8.07. The molecule has 1 heterocycles. The highest BCUT2D eigenvalue weighted by molar-refractivity contribution is 6.30. The first kappa shape index (κ1) is 13.8.